The van der Waals surface area contributed by atoms with E-state index in [-0.39, 0.29) is 0 Å². The molecule has 14 heteroatoms. The Morgan fingerprint density at radius 1 is 1.00 bits per heavy atom. The highest BCUT2D eigenvalue weighted by Crippen LogP contribution is 2.36. The Morgan fingerprint density at radius 2 is 1.48 bits per heavy atom. The van der Waals surface area contributed by atoms with Crippen molar-refractivity contribution in [1.29, 1.82) is 0 Å². The number of amides is 1. The number of nitrogens with two attached hydrogens (primary N) is 1. The second-order valence-corrected chi connectivity index (χ2v) is 5.78. The lowest BCUT2D eigenvalue weighted by molar-refractivity contribution is -0.570. The lowest BCUT2D eigenvalue weighted by atomic mass is 10.2. The predicted molar refractivity (Wildman–Crippen MR) is 89.9 cm³/mol. The van der Waals surface area contributed by atoms with Gasteiger partial charge in [-0.15, -0.1) is 0 Å². The molecule has 13 nitrogen and oxygen atoms in total. The Balaban J connectivity index is 0.000000289. The van der Waals surface area contributed by atoms with Crippen molar-refractivity contribution in [3.05, 3.63) is 71.0 Å². The van der Waals surface area contributed by atoms with Crippen LogP contribution in [-0.2, 0) is 0 Å². The van der Waals surface area contributed by atoms with Crippen LogP contribution in [-0.4, -0.2) is 20.8 Å². The number of aryl methyl sites for hydroxylation is 1. The van der Waals surface area contributed by atoms with Crippen LogP contribution in [0.25, 0.3) is 0 Å². The van der Waals surface area contributed by atoms with E-state index in [0.29, 0.717) is 12.1 Å². The van der Waals surface area contributed by atoms with Crippen molar-refractivity contribution in [3.8, 4) is 5.75 Å². The normalized spacial score (nSPS) is 9.70. The van der Waals surface area contributed by atoms with E-state index in [9.17, 15) is 40.2 Å². The van der Waals surface area contributed by atoms with Crippen LogP contribution in [0.4, 0.5) is 21.9 Å². The number of carbonyl (C=O) groups excluding carboxylic acids is 1. The van der Waals surface area contributed by atoms with Gasteiger partial charge in [-0.2, -0.15) is 9.36 Å². The van der Waals surface area contributed by atoms with E-state index in [2.05, 4.69) is 15.9 Å². The van der Waals surface area contributed by atoms with Crippen LogP contribution in [0, 0.1) is 37.3 Å². The molecule has 142 valence electrons. The van der Waals surface area contributed by atoms with E-state index in [1.54, 1.807) is 12.4 Å². The van der Waals surface area contributed by atoms with Crippen molar-refractivity contribution in [2.75, 3.05) is 0 Å². The number of halogens is 1. The number of nitro groups is 3. The second-order valence-electron chi connectivity index (χ2n) is 4.86. The van der Waals surface area contributed by atoms with Gasteiger partial charge in [0, 0.05) is 0 Å². The van der Waals surface area contributed by atoms with Gasteiger partial charge in [0.05, 0.1) is 37.1 Å². The van der Waals surface area contributed by atoms with E-state index in [4.69, 9.17) is 5.73 Å². The molecule has 0 atom stereocenters. The van der Waals surface area contributed by atoms with E-state index < -0.39 is 43.6 Å². The molecule has 0 radical (unpaired) electrons. The summed E-state index contributed by atoms with van der Waals surface area (Å²) < 4.78 is 2.18. The van der Waals surface area contributed by atoms with E-state index in [1.807, 2.05) is 13.0 Å². The summed E-state index contributed by atoms with van der Waals surface area (Å²) in [6.45, 7) is 1.89. The maximum absolute atomic E-state index is 11.1. The molecule has 0 saturated carbocycles. The number of nitrogens with zero attached hydrogens (tertiary/aromatic N) is 4. The minimum atomic E-state index is -1.46. The van der Waals surface area contributed by atoms with Gasteiger partial charge in [0.1, 0.15) is 12.4 Å². The first-order chi connectivity index (χ1) is 12.4. The molecule has 0 bridgehead atoms. The SMILES string of the molecule is Cc1cc(Br)c[n+](C(N)=O)c1.O=[N+]([O-])c1cc([N+](=O)[O-])c([O-])c([N+](=O)[O-])c1. The summed E-state index contributed by atoms with van der Waals surface area (Å²) in [5, 5.41) is 42.1. The molecule has 2 N–H and O–H groups in total. The summed E-state index contributed by atoms with van der Waals surface area (Å²) in [7, 11) is 0. The first-order valence-corrected chi connectivity index (χ1v) is 7.49. The quantitative estimate of drug-likeness (QED) is 0.416. The van der Waals surface area contributed by atoms with Crippen molar-refractivity contribution >= 4 is 39.0 Å². The molecule has 0 unspecified atom stereocenters. The maximum atomic E-state index is 11.1. The molecule has 1 aromatic heterocycles. The molecule has 0 saturated heterocycles. The molecule has 0 spiro atoms. The zero-order chi connectivity index (χ0) is 20.9. The number of nitro benzene ring substituents is 3. The number of rotatable bonds is 3. The minimum Gasteiger partial charge on any atom is -0.863 e. The van der Waals surface area contributed by atoms with Gasteiger partial charge >= 0.3 is 6.03 Å². The molecule has 1 amide bonds. The number of benzene rings is 1. The van der Waals surface area contributed by atoms with Crippen LogP contribution in [0.3, 0.4) is 0 Å². The summed E-state index contributed by atoms with van der Waals surface area (Å²) in [6, 6.07) is 2.19. The number of non-ortho nitro benzene ring substituents is 1. The molecular formula is C13H10BrN5O8. The Morgan fingerprint density at radius 3 is 1.81 bits per heavy atom. The zero-order valence-electron chi connectivity index (χ0n) is 13.4. The van der Waals surface area contributed by atoms with Crippen LogP contribution in [0.1, 0.15) is 5.56 Å². The number of primary amides is 1. The minimum absolute atomic E-state index is 0.384. The summed E-state index contributed by atoms with van der Waals surface area (Å²) in [5.41, 5.74) is 2.78. The zero-order valence-corrected chi connectivity index (χ0v) is 15.0. The number of carbonyl (C=O) groups is 1. The Kier molecular flexibility index (Phi) is 6.82. The maximum Gasteiger partial charge on any atom is 0.493 e. The molecule has 2 rings (SSSR count). The van der Waals surface area contributed by atoms with E-state index in [0.717, 1.165) is 10.0 Å². The third-order valence-corrected chi connectivity index (χ3v) is 3.30. The van der Waals surface area contributed by atoms with Crippen LogP contribution in [0.2, 0.25) is 0 Å². The number of hydrogen-bond donors (Lipinski definition) is 1. The Hall–Kier alpha value is -3.68. The first kappa shape index (κ1) is 21.4. The number of hydrogen-bond acceptors (Lipinski definition) is 8. The predicted octanol–water partition coefficient (Wildman–Crippen LogP) is 1.46. The molecule has 0 aliphatic rings. The molecule has 0 fully saturated rings. The highest BCUT2D eigenvalue weighted by atomic mass is 79.9. The van der Waals surface area contributed by atoms with Gasteiger partial charge in [-0.25, -0.2) is 0 Å². The van der Waals surface area contributed by atoms with Gasteiger partial charge < -0.3 is 5.11 Å². The van der Waals surface area contributed by atoms with Crippen LogP contribution in [0.5, 0.6) is 5.75 Å². The largest absolute Gasteiger partial charge is 0.863 e. The molecule has 1 heterocycles. The summed E-state index contributed by atoms with van der Waals surface area (Å²) >= 11 is 3.25. The fourth-order valence-corrected chi connectivity index (χ4v) is 2.35. The lowest BCUT2D eigenvalue weighted by Gasteiger charge is -2.06. The standard InChI is InChI=1S/C7H7BrN2O.C6H3N3O7/c1-5-2-6(8)4-10(3-5)7(9)11;10-6-4(8(13)14)1-3(7(11)12)2-5(6)9(15)16/h2-4H,1H3,(H-,9,11);1-2,10H. The van der Waals surface area contributed by atoms with Gasteiger partial charge in [0.2, 0.25) is 0 Å². The smallest absolute Gasteiger partial charge is 0.493 e. The van der Waals surface area contributed by atoms with Gasteiger partial charge in [0.15, 0.2) is 0 Å². The van der Waals surface area contributed by atoms with Gasteiger partial charge in [-0.1, -0.05) is 0 Å². The Bertz CT molecular complexity index is 893. The average Bonchev–Trinajstić information content (AvgIpc) is 2.53. The molecule has 1 aromatic carbocycles. The Labute approximate surface area is 158 Å². The highest BCUT2D eigenvalue weighted by molar-refractivity contribution is 9.10. The van der Waals surface area contributed by atoms with Crippen LogP contribution in [0.15, 0.2) is 35.1 Å². The van der Waals surface area contributed by atoms with Crippen molar-refractivity contribution in [1.82, 2.24) is 0 Å². The van der Waals surface area contributed by atoms with Crippen molar-refractivity contribution in [2.45, 2.75) is 6.92 Å². The number of aromatic nitrogens is 1. The van der Waals surface area contributed by atoms with Gasteiger partial charge in [0.25, 0.3) is 17.1 Å². The summed E-state index contributed by atoms with van der Waals surface area (Å²) in [6.07, 6.45) is 3.29. The number of pyridine rings is 1. The van der Waals surface area contributed by atoms with Crippen molar-refractivity contribution < 1.29 is 29.2 Å². The van der Waals surface area contributed by atoms with E-state index >= 15 is 0 Å². The molecule has 27 heavy (non-hydrogen) atoms. The fourth-order valence-electron chi connectivity index (χ4n) is 1.77. The van der Waals surface area contributed by atoms with Crippen molar-refractivity contribution in [3.63, 3.8) is 0 Å². The monoisotopic (exact) mass is 443 g/mol. The topological polar surface area (TPSA) is 199 Å². The van der Waals surface area contributed by atoms with Crippen LogP contribution >= 0.6 is 15.9 Å². The fraction of sp³-hybridized carbons (Fsp3) is 0.0769. The first-order valence-electron chi connectivity index (χ1n) is 6.70. The molecular weight excluding hydrogens is 434 g/mol. The molecule has 0 aliphatic carbocycles. The average molecular weight is 444 g/mol. The van der Waals surface area contributed by atoms with Crippen LogP contribution < -0.4 is 15.4 Å². The molecule has 0 aliphatic heterocycles. The van der Waals surface area contributed by atoms with Gasteiger partial charge in [-0.3, -0.25) is 36.1 Å². The van der Waals surface area contributed by atoms with E-state index in [1.165, 1.54) is 4.57 Å². The molecule has 2 aromatic rings. The van der Waals surface area contributed by atoms with Gasteiger partial charge in [-0.05, 0) is 34.5 Å². The third-order valence-electron chi connectivity index (χ3n) is 2.86. The van der Waals surface area contributed by atoms with Crippen molar-refractivity contribution in [2.24, 2.45) is 5.73 Å². The summed E-state index contributed by atoms with van der Waals surface area (Å²) in [5.74, 6) is -1.46. The third kappa shape index (κ3) is 5.67. The summed E-state index contributed by atoms with van der Waals surface area (Å²) in [4.78, 5) is 38.2. The highest BCUT2D eigenvalue weighted by Gasteiger charge is 2.24. The second kappa shape index (κ2) is 8.61. The lowest BCUT2D eigenvalue weighted by Crippen LogP contribution is -2.46.